The molecule has 0 saturated carbocycles. The molecule has 5 rings (SSSR count). The zero-order chi connectivity index (χ0) is 29.1. The molecule has 4 aromatic rings. The van der Waals surface area contributed by atoms with Gasteiger partial charge >= 0.3 is 6.03 Å². The molecule has 210 valence electrons. The van der Waals surface area contributed by atoms with E-state index in [1.165, 1.54) is 9.80 Å². The number of carbonyl (C=O) groups is 3. The number of amides is 4. The van der Waals surface area contributed by atoms with E-state index in [9.17, 15) is 14.4 Å². The summed E-state index contributed by atoms with van der Waals surface area (Å²) in [6.45, 7) is -0.0983. The van der Waals surface area contributed by atoms with Crippen molar-refractivity contribution in [1.82, 2.24) is 25.1 Å². The van der Waals surface area contributed by atoms with Gasteiger partial charge < -0.3 is 19.9 Å². The van der Waals surface area contributed by atoms with Gasteiger partial charge in [0.05, 0.1) is 16.9 Å². The lowest BCUT2D eigenvalue weighted by atomic mass is 10.0. The number of imide groups is 1. The Labute approximate surface area is 256 Å². The number of aromatic nitrogens is 2. The second-order valence-electron chi connectivity index (χ2n) is 9.75. The molecule has 2 heterocycles. The molecule has 1 aliphatic heterocycles. The first-order valence-corrected chi connectivity index (χ1v) is 14.3. The summed E-state index contributed by atoms with van der Waals surface area (Å²) in [5, 5.41) is 3.39. The highest BCUT2D eigenvalue weighted by Crippen LogP contribution is 2.34. The molecular weight excluding hydrogens is 657 g/mol. The quantitative estimate of drug-likeness (QED) is 0.182. The van der Waals surface area contributed by atoms with Crippen LogP contribution in [0.15, 0.2) is 79.0 Å². The molecule has 1 unspecified atom stereocenters. The van der Waals surface area contributed by atoms with Crippen LogP contribution < -0.4 is 10.1 Å². The third-order valence-electron chi connectivity index (χ3n) is 6.76. The number of imidazole rings is 1. The Morgan fingerprint density at radius 2 is 1.83 bits per heavy atom. The summed E-state index contributed by atoms with van der Waals surface area (Å²) in [5.74, 6) is 0.393. The maximum atomic E-state index is 13.8. The lowest BCUT2D eigenvalue weighted by molar-refractivity contribution is -0.131. The number of rotatable bonds is 9. The number of carbonyl (C=O) groups excluding carboxylic acids is 3. The van der Waals surface area contributed by atoms with Crippen LogP contribution in [0.2, 0.25) is 5.02 Å². The normalized spacial score (nSPS) is 15.5. The van der Waals surface area contributed by atoms with Crippen LogP contribution in [0.25, 0.3) is 11.3 Å². The lowest BCUT2D eigenvalue weighted by Crippen LogP contribution is -2.36. The minimum absolute atomic E-state index is 0.0983. The van der Waals surface area contributed by atoms with Crippen molar-refractivity contribution in [2.45, 2.75) is 18.5 Å². The number of hydrogen-bond donors (Lipinski definition) is 2. The number of benzene rings is 3. The minimum atomic E-state index is -0.877. The number of aromatic amines is 1. The van der Waals surface area contributed by atoms with Crippen molar-refractivity contribution in [1.29, 1.82) is 0 Å². The first-order valence-electron chi connectivity index (χ1n) is 12.8. The molecule has 1 aromatic heterocycles. The van der Waals surface area contributed by atoms with E-state index in [1.807, 2.05) is 48.5 Å². The Hall–Kier alpha value is -3.90. The zero-order valence-electron chi connectivity index (χ0n) is 22.3. The standard InChI is InChI=1S/C30H27ClIN5O4/c1-36(2)26(38)17-41-21-11-8-19(9-12-21)27-29(39)37(30(40)35-27)25(14-18-6-4-3-5-7-18)28-33-16-24(34-28)22-13-10-20(32)15-23(22)31/h3-13,15-16,25,27H,14,17H2,1-2H3,(H,33,34)(H,35,40)/t25-,27?/m1/s1. The lowest BCUT2D eigenvalue weighted by Gasteiger charge is -2.24. The molecule has 2 N–H and O–H groups in total. The third kappa shape index (κ3) is 6.38. The molecule has 0 spiro atoms. The average molecular weight is 684 g/mol. The van der Waals surface area contributed by atoms with E-state index in [0.29, 0.717) is 34.3 Å². The number of nitrogens with one attached hydrogen (secondary N) is 2. The Bertz CT molecular complexity index is 1580. The van der Waals surface area contributed by atoms with Crippen molar-refractivity contribution in [2.75, 3.05) is 20.7 Å². The molecule has 9 nitrogen and oxygen atoms in total. The van der Waals surface area contributed by atoms with Gasteiger partial charge in [0, 0.05) is 29.6 Å². The van der Waals surface area contributed by atoms with Crippen LogP contribution in [-0.4, -0.2) is 58.3 Å². The van der Waals surface area contributed by atoms with Crippen LogP contribution >= 0.6 is 34.2 Å². The summed E-state index contributed by atoms with van der Waals surface area (Å²) >= 11 is 8.69. The summed E-state index contributed by atoms with van der Waals surface area (Å²) in [4.78, 5) is 49.5. The highest BCUT2D eigenvalue weighted by Gasteiger charge is 2.44. The van der Waals surface area contributed by atoms with E-state index in [0.717, 1.165) is 14.7 Å². The smallest absolute Gasteiger partial charge is 0.325 e. The number of hydrogen-bond acceptors (Lipinski definition) is 5. The van der Waals surface area contributed by atoms with Gasteiger partial charge in [0.2, 0.25) is 0 Å². The monoisotopic (exact) mass is 683 g/mol. The topological polar surface area (TPSA) is 108 Å². The van der Waals surface area contributed by atoms with Crippen molar-refractivity contribution in [2.24, 2.45) is 0 Å². The fraction of sp³-hybridized carbons (Fsp3) is 0.200. The van der Waals surface area contributed by atoms with Gasteiger partial charge in [0.25, 0.3) is 11.8 Å². The van der Waals surface area contributed by atoms with Crippen LogP contribution in [0.1, 0.15) is 29.0 Å². The van der Waals surface area contributed by atoms with E-state index >= 15 is 0 Å². The van der Waals surface area contributed by atoms with E-state index in [1.54, 1.807) is 44.6 Å². The van der Waals surface area contributed by atoms with E-state index < -0.39 is 24.0 Å². The number of likely N-dealkylation sites (N-methyl/N-ethyl adjacent to an activating group) is 1. The van der Waals surface area contributed by atoms with E-state index in [2.05, 4.69) is 37.9 Å². The fourth-order valence-corrected chi connectivity index (χ4v) is 5.50. The van der Waals surface area contributed by atoms with Crippen LogP contribution in [0.3, 0.4) is 0 Å². The molecule has 1 aliphatic rings. The SMILES string of the molecule is CN(C)C(=O)COc1ccc(C2NC(=O)N([C@H](Cc3ccccc3)c3ncc(-c4ccc(I)cc4Cl)[nH]3)C2=O)cc1. The summed E-state index contributed by atoms with van der Waals surface area (Å²) in [6.07, 6.45) is 2.03. The predicted molar refractivity (Wildman–Crippen MR) is 163 cm³/mol. The van der Waals surface area contributed by atoms with Gasteiger partial charge in [-0.15, -0.1) is 0 Å². The first-order chi connectivity index (χ1) is 19.7. The predicted octanol–water partition coefficient (Wildman–Crippen LogP) is 5.38. The van der Waals surface area contributed by atoms with Gasteiger partial charge in [-0.2, -0.15) is 0 Å². The Morgan fingerprint density at radius 3 is 2.51 bits per heavy atom. The number of urea groups is 1. The van der Waals surface area contributed by atoms with Crippen LogP contribution in [0.5, 0.6) is 5.75 Å². The van der Waals surface area contributed by atoms with Crippen LogP contribution in [0.4, 0.5) is 4.79 Å². The summed E-state index contributed by atoms with van der Waals surface area (Å²) < 4.78 is 6.54. The Kier molecular flexibility index (Phi) is 8.60. The Balaban J connectivity index is 1.41. The van der Waals surface area contributed by atoms with Gasteiger partial charge in [-0.3, -0.25) is 14.5 Å². The molecular formula is C30H27ClIN5O4. The highest BCUT2D eigenvalue weighted by molar-refractivity contribution is 14.1. The molecule has 0 aliphatic carbocycles. The van der Waals surface area contributed by atoms with E-state index in [-0.39, 0.29) is 12.5 Å². The number of H-pyrrole nitrogens is 1. The van der Waals surface area contributed by atoms with Gasteiger partial charge in [0.1, 0.15) is 23.7 Å². The molecule has 1 fully saturated rings. The molecule has 0 radical (unpaired) electrons. The van der Waals surface area contributed by atoms with Gasteiger partial charge in [-0.05, 0) is 58.0 Å². The molecule has 4 amide bonds. The van der Waals surface area contributed by atoms with Crippen molar-refractivity contribution in [3.05, 3.63) is 105 Å². The summed E-state index contributed by atoms with van der Waals surface area (Å²) in [5.41, 5.74) is 3.00. The molecule has 0 bridgehead atoms. The molecule has 1 saturated heterocycles. The maximum absolute atomic E-state index is 13.8. The van der Waals surface area contributed by atoms with Crippen molar-refractivity contribution in [3.8, 4) is 17.0 Å². The zero-order valence-corrected chi connectivity index (χ0v) is 25.2. The van der Waals surface area contributed by atoms with Gasteiger partial charge in [-0.25, -0.2) is 9.78 Å². The first kappa shape index (κ1) is 28.6. The van der Waals surface area contributed by atoms with Gasteiger partial charge in [-0.1, -0.05) is 60.1 Å². The Morgan fingerprint density at radius 1 is 1.10 bits per heavy atom. The second kappa shape index (κ2) is 12.3. The number of nitrogens with zero attached hydrogens (tertiary/aromatic N) is 3. The largest absolute Gasteiger partial charge is 0.484 e. The maximum Gasteiger partial charge on any atom is 0.325 e. The molecule has 3 aromatic carbocycles. The minimum Gasteiger partial charge on any atom is -0.484 e. The summed E-state index contributed by atoms with van der Waals surface area (Å²) in [7, 11) is 3.31. The van der Waals surface area contributed by atoms with Crippen LogP contribution in [-0.2, 0) is 16.0 Å². The summed E-state index contributed by atoms with van der Waals surface area (Å²) in [6, 6.07) is 20.0. The van der Waals surface area contributed by atoms with Crippen molar-refractivity contribution in [3.63, 3.8) is 0 Å². The molecule has 2 atom stereocenters. The third-order valence-corrected chi connectivity index (χ3v) is 7.75. The van der Waals surface area contributed by atoms with Gasteiger partial charge in [0.15, 0.2) is 6.61 Å². The van der Waals surface area contributed by atoms with Crippen molar-refractivity contribution >= 4 is 52.0 Å². The number of halogens is 2. The molecule has 11 heteroatoms. The fourth-order valence-electron chi connectivity index (χ4n) is 4.54. The molecule has 41 heavy (non-hydrogen) atoms. The second-order valence-corrected chi connectivity index (χ2v) is 11.4. The van der Waals surface area contributed by atoms with E-state index in [4.69, 9.17) is 16.3 Å². The number of ether oxygens (including phenoxy) is 1. The average Bonchev–Trinajstić information content (AvgIpc) is 3.55. The van der Waals surface area contributed by atoms with Crippen molar-refractivity contribution < 1.29 is 19.1 Å². The van der Waals surface area contributed by atoms with Crippen LogP contribution in [0, 0.1) is 3.57 Å². The highest BCUT2D eigenvalue weighted by atomic mass is 127.